The van der Waals surface area contributed by atoms with Crippen molar-refractivity contribution in [2.75, 3.05) is 0 Å². The van der Waals surface area contributed by atoms with Crippen LogP contribution in [0.2, 0.25) is 0 Å². The molecule has 0 bridgehead atoms. The van der Waals surface area contributed by atoms with Gasteiger partial charge >= 0.3 is 17.1 Å². The van der Waals surface area contributed by atoms with E-state index >= 15 is 0 Å². The van der Waals surface area contributed by atoms with Crippen molar-refractivity contribution >= 4 is 12.6 Å². The fourth-order valence-electron chi connectivity index (χ4n) is 0.340. The fraction of sp³-hybridized carbons (Fsp3) is 0.333. The number of carbonyl (C=O) groups excluding carboxylic acids is 2. The summed E-state index contributed by atoms with van der Waals surface area (Å²) in [4.78, 5) is 17.4. The second-order valence-electron chi connectivity index (χ2n) is 1.41. The fourth-order valence-corrected chi connectivity index (χ4v) is 0.340. The molecule has 2 nitrogen and oxygen atoms in total. The molecule has 0 aromatic carbocycles. The van der Waals surface area contributed by atoms with Gasteiger partial charge in [0.15, 0.2) is 0 Å². The Labute approximate surface area is 84.2 Å². The van der Waals surface area contributed by atoms with Gasteiger partial charge in [-0.15, -0.1) is 6.42 Å². The van der Waals surface area contributed by atoms with Gasteiger partial charge in [-0.1, -0.05) is 0 Å². The third-order valence-electron chi connectivity index (χ3n) is 0.586. The van der Waals surface area contributed by atoms with Crippen LogP contribution in [-0.2, 0) is 26.7 Å². The van der Waals surface area contributed by atoms with Crippen LogP contribution < -0.4 is 0 Å². The van der Waals surface area contributed by atoms with E-state index in [4.69, 9.17) is 9.59 Å². The number of hydrogen-bond acceptors (Lipinski definition) is 2. The number of rotatable bonds is 0. The van der Waals surface area contributed by atoms with Crippen LogP contribution in [0.1, 0.15) is 20.3 Å². The van der Waals surface area contributed by atoms with Crippen molar-refractivity contribution in [2.24, 2.45) is 0 Å². The van der Waals surface area contributed by atoms with Gasteiger partial charge in [0, 0.05) is 0 Å². The van der Waals surface area contributed by atoms with Crippen LogP contribution >= 0.6 is 0 Å². The van der Waals surface area contributed by atoms with E-state index in [1.165, 1.54) is 26.4 Å². The zero-order chi connectivity index (χ0) is 8.95. The van der Waals surface area contributed by atoms with Gasteiger partial charge in [0.2, 0.25) is 0 Å². The molecule has 0 saturated carbocycles. The largest absolute Gasteiger partial charge is 3.00 e. The molecular weight excluding hydrogens is 196 g/mol. The molecule has 0 saturated heterocycles. The third-order valence-corrected chi connectivity index (χ3v) is 0.586. The molecule has 0 fully saturated rings. The van der Waals surface area contributed by atoms with Crippen LogP contribution in [-0.4, -0.2) is 12.6 Å². The molecule has 0 heterocycles. The molecule has 0 spiro atoms. The van der Waals surface area contributed by atoms with Crippen molar-refractivity contribution < 1.29 is 26.7 Å². The van der Waals surface area contributed by atoms with Gasteiger partial charge in [0.25, 0.3) is 0 Å². The Morgan fingerprint density at radius 3 is 1.75 bits per heavy atom. The normalized spacial score (nSPS) is 9.50. The van der Waals surface area contributed by atoms with E-state index in [0.717, 1.165) is 6.42 Å². The van der Waals surface area contributed by atoms with Gasteiger partial charge in [-0.25, -0.2) is 12.2 Å². The summed E-state index contributed by atoms with van der Waals surface area (Å²) in [6, 6.07) is 0. The van der Waals surface area contributed by atoms with Gasteiger partial charge in [-0.3, -0.25) is 18.6 Å². The van der Waals surface area contributed by atoms with Gasteiger partial charge in [0.05, 0.1) is 0 Å². The van der Waals surface area contributed by atoms with E-state index in [9.17, 15) is 0 Å². The summed E-state index contributed by atoms with van der Waals surface area (Å²) >= 11 is 0. The maximum absolute atomic E-state index is 8.68. The van der Waals surface area contributed by atoms with Crippen LogP contribution in [0.25, 0.3) is 0 Å². The van der Waals surface area contributed by atoms with Crippen LogP contribution in [0.4, 0.5) is 0 Å². The summed E-state index contributed by atoms with van der Waals surface area (Å²) in [5.41, 5.74) is 0. The van der Waals surface area contributed by atoms with Crippen molar-refractivity contribution in [1.29, 1.82) is 0 Å². The Balaban J connectivity index is -0.000000104. The summed E-state index contributed by atoms with van der Waals surface area (Å²) in [7, 11) is 0. The molecule has 0 unspecified atom stereocenters. The first-order chi connectivity index (χ1) is 5.33. The van der Waals surface area contributed by atoms with Gasteiger partial charge in [0.1, 0.15) is 0 Å². The Kier molecular flexibility index (Phi) is 32.6. The van der Waals surface area contributed by atoms with Gasteiger partial charge in [-0.05, 0) is 0 Å². The van der Waals surface area contributed by atoms with Crippen molar-refractivity contribution in [3.63, 3.8) is 0 Å². The third kappa shape index (κ3) is 34.5. The summed E-state index contributed by atoms with van der Waals surface area (Å²) in [6.45, 7) is 2.64. The van der Waals surface area contributed by atoms with Crippen LogP contribution in [0.5, 0.6) is 0 Å². The molecule has 0 atom stereocenters. The Hall–Kier alpha value is -0.661. The molecule has 12 heavy (non-hydrogen) atoms. The molecule has 1 aliphatic rings. The predicted octanol–water partition coefficient (Wildman–Crippen LogP) is 1.54. The van der Waals surface area contributed by atoms with Crippen molar-refractivity contribution in [3.05, 3.63) is 24.3 Å². The molecule has 0 aromatic rings. The predicted molar refractivity (Wildman–Crippen MR) is 44.3 cm³/mol. The van der Waals surface area contributed by atoms with Crippen LogP contribution in [0.3, 0.4) is 0 Å². The summed E-state index contributed by atoms with van der Waals surface area (Å²) in [5.74, 6) is 0. The molecule has 1 radical (unpaired) electrons. The van der Waals surface area contributed by atoms with E-state index < -0.39 is 0 Å². The number of hydrogen-bond donors (Lipinski definition) is 0. The topological polar surface area (TPSA) is 34.1 Å². The summed E-state index contributed by atoms with van der Waals surface area (Å²) in [5, 5.41) is 0. The maximum Gasteiger partial charge on any atom is 3.00 e. The van der Waals surface area contributed by atoms with Crippen LogP contribution in [0.15, 0.2) is 18.2 Å². The second-order valence-corrected chi connectivity index (χ2v) is 1.41. The first-order valence-electron chi connectivity index (χ1n) is 3.13. The van der Waals surface area contributed by atoms with Gasteiger partial charge < -0.3 is 9.59 Å². The molecule has 67 valence electrons. The van der Waals surface area contributed by atoms with Crippen LogP contribution in [0, 0.1) is 6.08 Å². The molecule has 1 aliphatic carbocycles. The zero-order valence-corrected chi connectivity index (χ0v) is 8.21. The average Bonchev–Trinajstić information content (AvgIpc) is 2.44. The first kappa shape index (κ1) is 17.4. The minimum absolute atomic E-state index is 0. The van der Waals surface area contributed by atoms with E-state index in [-0.39, 0.29) is 17.1 Å². The molecule has 0 aliphatic heterocycles. The van der Waals surface area contributed by atoms with E-state index in [1.807, 2.05) is 12.2 Å². The molecule has 0 amide bonds. The number of allylic oxidation sites excluding steroid dienone is 4. The SMILES string of the molecule is C[C-]=O.C[C-]=O.[C-]1=CC=CC1.[Fe+3]. The van der Waals surface area contributed by atoms with Crippen molar-refractivity contribution in [3.8, 4) is 0 Å². The average molecular weight is 207 g/mol. The molecular formula is C9H11FeO2. The molecule has 1 rings (SSSR count). The van der Waals surface area contributed by atoms with E-state index in [0.29, 0.717) is 0 Å². The van der Waals surface area contributed by atoms with E-state index in [2.05, 4.69) is 12.2 Å². The standard InChI is InChI=1S/C5H5.2C2H3O.Fe/c1-2-4-5-3-1;2*1-2-3;/h1-3H,4H2;2*1H3;/q3*-1;+3. The molecule has 0 N–H and O–H groups in total. The zero-order valence-electron chi connectivity index (χ0n) is 7.11. The maximum atomic E-state index is 8.68. The van der Waals surface area contributed by atoms with Gasteiger partial charge in [-0.2, -0.15) is 19.9 Å². The Morgan fingerprint density at radius 2 is 1.67 bits per heavy atom. The summed E-state index contributed by atoms with van der Waals surface area (Å²) in [6.07, 6.45) is 13.0. The Bertz CT molecular complexity index is 123. The van der Waals surface area contributed by atoms with Crippen molar-refractivity contribution in [1.82, 2.24) is 0 Å². The second kappa shape index (κ2) is 22.4. The smallest absolute Gasteiger partial charge is 0.542 e. The summed E-state index contributed by atoms with van der Waals surface area (Å²) < 4.78 is 0. The molecule has 0 aromatic heterocycles. The minimum atomic E-state index is 0. The van der Waals surface area contributed by atoms with Crippen molar-refractivity contribution in [2.45, 2.75) is 20.3 Å². The first-order valence-corrected chi connectivity index (χ1v) is 3.13. The minimum Gasteiger partial charge on any atom is -0.542 e. The quantitative estimate of drug-likeness (QED) is 0.446. The monoisotopic (exact) mass is 207 g/mol. The van der Waals surface area contributed by atoms with E-state index in [1.54, 1.807) is 0 Å². The molecule has 3 heteroatoms. The Morgan fingerprint density at radius 1 is 1.25 bits per heavy atom.